The Labute approximate surface area is 147 Å². The van der Waals surface area contributed by atoms with Crippen LogP contribution in [-0.4, -0.2) is 35.8 Å². The molecule has 0 N–H and O–H groups in total. The van der Waals surface area contributed by atoms with E-state index in [0.29, 0.717) is 5.69 Å². The highest BCUT2D eigenvalue weighted by atomic mass is 79.9. The molecule has 7 nitrogen and oxygen atoms in total. The fourth-order valence-corrected chi connectivity index (χ4v) is 2.73. The van der Waals surface area contributed by atoms with Gasteiger partial charge in [-0.15, -0.1) is 0 Å². The Morgan fingerprint density at radius 2 is 2.12 bits per heavy atom. The minimum atomic E-state index is -0.664. The lowest BCUT2D eigenvalue weighted by atomic mass is 10.2. The Hall–Kier alpha value is -2.66. The first-order valence-corrected chi connectivity index (χ1v) is 7.75. The molecule has 0 aliphatic rings. The van der Waals surface area contributed by atoms with Gasteiger partial charge in [-0.05, 0) is 30.7 Å². The van der Waals surface area contributed by atoms with Gasteiger partial charge in [0.25, 0.3) is 5.91 Å². The standard InChI is InChI=1S/C16H15BrN4O3/c1-10-8-11(17)4-5-13(10)20(2)15(22)14-9-12(16(23)24-3)19-21(14)7-6-18/h4-5,8-9H,7H2,1-3H3. The number of carbonyl (C=O) groups excluding carboxylic acids is 2. The number of nitriles is 1. The van der Waals surface area contributed by atoms with Crippen LogP contribution in [0.5, 0.6) is 0 Å². The first kappa shape index (κ1) is 17.7. The maximum Gasteiger partial charge on any atom is 0.358 e. The van der Waals surface area contributed by atoms with Crippen molar-refractivity contribution in [2.24, 2.45) is 0 Å². The molecule has 0 saturated carbocycles. The summed E-state index contributed by atoms with van der Waals surface area (Å²) in [5.41, 5.74) is 1.74. The summed E-state index contributed by atoms with van der Waals surface area (Å²) in [6.45, 7) is 1.74. The Bertz CT molecular complexity index is 838. The van der Waals surface area contributed by atoms with Gasteiger partial charge in [0.2, 0.25) is 0 Å². The van der Waals surface area contributed by atoms with Crippen LogP contribution in [0.25, 0.3) is 0 Å². The average Bonchev–Trinajstić information content (AvgIpc) is 2.97. The van der Waals surface area contributed by atoms with E-state index in [9.17, 15) is 9.59 Å². The van der Waals surface area contributed by atoms with Gasteiger partial charge in [-0.3, -0.25) is 4.79 Å². The number of aromatic nitrogens is 2. The molecule has 1 amide bonds. The summed E-state index contributed by atoms with van der Waals surface area (Å²) in [5.74, 6) is -1.04. The van der Waals surface area contributed by atoms with Crippen LogP contribution in [0.15, 0.2) is 28.7 Å². The molecule has 0 unspecified atom stereocenters. The molecule has 2 aromatic rings. The normalized spacial score (nSPS) is 10.1. The van der Waals surface area contributed by atoms with Crippen LogP contribution in [-0.2, 0) is 11.3 Å². The number of aryl methyl sites for hydroxylation is 1. The Morgan fingerprint density at radius 3 is 2.71 bits per heavy atom. The van der Waals surface area contributed by atoms with E-state index in [1.165, 1.54) is 22.8 Å². The number of rotatable bonds is 4. The number of hydrogen-bond acceptors (Lipinski definition) is 5. The molecule has 0 aliphatic heterocycles. The lowest BCUT2D eigenvalue weighted by molar-refractivity contribution is 0.0593. The van der Waals surface area contributed by atoms with Gasteiger partial charge in [-0.1, -0.05) is 15.9 Å². The van der Waals surface area contributed by atoms with Gasteiger partial charge < -0.3 is 9.64 Å². The van der Waals surface area contributed by atoms with Gasteiger partial charge in [-0.25, -0.2) is 9.48 Å². The van der Waals surface area contributed by atoms with Crippen molar-refractivity contribution >= 4 is 33.5 Å². The second kappa shape index (κ2) is 7.27. The number of hydrogen-bond donors (Lipinski definition) is 0. The van der Waals surface area contributed by atoms with Gasteiger partial charge in [0, 0.05) is 23.3 Å². The molecule has 1 heterocycles. The number of benzene rings is 1. The second-order valence-electron chi connectivity index (χ2n) is 5.02. The first-order valence-electron chi connectivity index (χ1n) is 6.96. The van der Waals surface area contributed by atoms with Gasteiger partial charge in [-0.2, -0.15) is 10.4 Å². The second-order valence-corrected chi connectivity index (χ2v) is 5.93. The molecular formula is C16H15BrN4O3. The molecule has 0 radical (unpaired) electrons. The smallest absolute Gasteiger partial charge is 0.358 e. The van der Waals surface area contributed by atoms with Crippen molar-refractivity contribution in [1.29, 1.82) is 5.26 Å². The number of amides is 1. The number of methoxy groups -OCH3 is 1. The number of halogens is 1. The predicted molar refractivity (Wildman–Crippen MR) is 90.8 cm³/mol. The molecule has 124 valence electrons. The predicted octanol–water partition coefficient (Wildman–Crippen LogP) is 2.54. The van der Waals surface area contributed by atoms with Crippen molar-refractivity contribution in [3.63, 3.8) is 0 Å². The molecule has 1 aromatic carbocycles. The Kier molecular flexibility index (Phi) is 5.36. The Morgan fingerprint density at radius 1 is 1.42 bits per heavy atom. The van der Waals surface area contributed by atoms with E-state index >= 15 is 0 Å². The zero-order chi connectivity index (χ0) is 17.9. The summed E-state index contributed by atoms with van der Waals surface area (Å²) in [7, 11) is 2.85. The number of nitrogens with zero attached hydrogens (tertiary/aromatic N) is 4. The van der Waals surface area contributed by atoms with Crippen molar-refractivity contribution in [3.05, 3.63) is 45.7 Å². The fraction of sp³-hybridized carbons (Fsp3) is 0.250. The lowest BCUT2D eigenvalue weighted by Gasteiger charge is -2.19. The van der Waals surface area contributed by atoms with Crippen molar-refractivity contribution in [2.45, 2.75) is 13.5 Å². The average molecular weight is 391 g/mol. The molecule has 8 heteroatoms. The van der Waals surface area contributed by atoms with Crippen LogP contribution in [0.2, 0.25) is 0 Å². The number of esters is 1. The molecule has 0 atom stereocenters. The first-order chi connectivity index (χ1) is 11.4. The van der Waals surface area contributed by atoms with Crippen LogP contribution in [0, 0.1) is 18.3 Å². The molecular weight excluding hydrogens is 376 g/mol. The monoisotopic (exact) mass is 390 g/mol. The van der Waals surface area contributed by atoms with Crippen LogP contribution < -0.4 is 4.90 Å². The molecule has 0 spiro atoms. The van der Waals surface area contributed by atoms with Crippen LogP contribution >= 0.6 is 15.9 Å². The highest BCUT2D eigenvalue weighted by molar-refractivity contribution is 9.10. The van der Waals surface area contributed by atoms with Crippen molar-refractivity contribution in [3.8, 4) is 6.07 Å². The van der Waals surface area contributed by atoms with E-state index in [2.05, 4.69) is 25.8 Å². The molecule has 0 aliphatic carbocycles. The van der Waals surface area contributed by atoms with Crippen molar-refractivity contribution in [1.82, 2.24) is 9.78 Å². The summed E-state index contributed by atoms with van der Waals surface area (Å²) in [6.07, 6.45) is 0. The Balaban J connectivity index is 2.42. The van der Waals surface area contributed by atoms with Crippen LogP contribution in [0.1, 0.15) is 26.5 Å². The summed E-state index contributed by atoms with van der Waals surface area (Å²) >= 11 is 3.38. The third-order valence-electron chi connectivity index (χ3n) is 3.44. The maximum absolute atomic E-state index is 12.8. The van der Waals surface area contributed by atoms with E-state index in [0.717, 1.165) is 10.0 Å². The zero-order valence-corrected chi connectivity index (χ0v) is 15.0. The highest BCUT2D eigenvalue weighted by Crippen LogP contribution is 2.24. The maximum atomic E-state index is 12.8. The minimum Gasteiger partial charge on any atom is -0.464 e. The lowest BCUT2D eigenvalue weighted by Crippen LogP contribution is -2.29. The molecule has 24 heavy (non-hydrogen) atoms. The van der Waals surface area contributed by atoms with Gasteiger partial charge in [0.05, 0.1) is 13.2 Å². The molecule has 0 bridgehead atoms. The summed E-state index contributed by atoms with van der Waals surface area (Å²) in [6, 6.07) is 8.78. The van der Waals surface area contributed by atoms with Crippen molar-refractivity contribution < 1.29 is 14.3 Å². The molecule has 0 fully saturated rings. The molecule has 2 rings (SSSR count). The van der Waals surface area contributed by atoms with Gasteiger partial charge >= 0.3 is 5.97 Å². The molecule has 0 saturated heterocycles. The number of carbonyl (C=O) groups is 2. The fourth-order valence-electron chi connectivity index (χ4n) is 2.26. The molecule has 1 aromatic heterocycles. The van der Waals surface area contributed by atoms with Gasteiger partial charge in [0.15, 0.2) is 5.69 Å². The van der Waals surface area contributed by atoms with Gasteiger partial charge in [0.1, 0.15) is 12.2 Å². The van der Waals surface area contributed by atoms with E-state index in [1.807, 2.05) is 31.2 Å². The zero-order valence-electron chi connectivity index (χ0n) is 13.4. The van der Waals surface area contributed by atoms with E-state index in [1.54, 1.807) is 7.05 Å². The quantitative estimate of drug-likeness (QED) is 0.748. The van der Waals surface area contributed by atoms with Crippen molar-refractivity contribution in [2.75, 3.05) is 19.1 Å². The topological polar surface area (TPSA) is 88.2 Å². The van der Waals surface area contributed by atoms with E-state index in [-0.39, 0.29) is 23.8 Å². The summed E-state index contributed by atoms with van der Waals surface area (Å²) in [5, 5.41) is 12.9. The van der Waals surface area contributed by atoms with Crippen LogP contribution in [0.4, 0.5) is 5.69 Å². The summed E-state index contributed by atoms with van der Waals surface area (Å²) in [4.78, 5) is 25.9. The summed E-state index contributed by atoms with van der Waals surface area (Å²) < 4.78 is 6.72. The largest absolute Gasteiger partial charge is 0.464 e. The third kappa shape index (κ3) is 3.46. The minimum absolute atomic E-state index is 0.0166. The highest BCUT2D eigenvalue weighted by Gasteiger charge is 2.23. The van der Waals surface area contributed by atoms with Crippen LogP contribution in [0.3, 0.4) is 0 Å². The number of anilines is 1. The van der Waals surface area contributed by atoms with E-state index in [4.69, 9.17) is 5.26 Å². The number of ether oxygens (including phenoxy) is 1. The van der Waals surface area contributed by atoms with E-state index < -0.39 is 5.97 Å². The third-order valence-corrected chi connectivity index (χ3v) is 3.93. The SMILES string of the molecule is COC(=O)c1cc(C(=O)N(C)c2ccc(Br)cc2C)n(CC#N)n1.